The van der Waals surface area contributed by atoms with Gasteiger partial charge < -0.3 is 4.79 Å². The summed E-state index contributed by atoms with van der Waals surface area (Å²) in [6.07, 6.45) is 2.21. The molecule has 0 aromatic heterocycles. The lowest BCUT2D eigenvalue weighted by Gasteiger charge is -2.28. The minimum Gasteiger partial charge on any atom is -0.303 e. The molecule has 1 heterocycles. The fourth-order valence-electron chi connectivity index (χ4n) is 1.51. The Hall–Kier alpha value is -0.930. The number of nitriles is 1. The molecule has 0 spiro atoms. The molecule has 0 amide bonds. The average Bonchev–Trinajstić information content (AvgIpc) is 2.18. The number of hydrogen-bond donors (Lipinski definition) is 0. The van der Waals surface area contributed by atoms with Gasteiger partial charge in [0.2, 0.25) is 10.0 Å². The molecule has 0 saturated carbocycles. The fourth-order valence-corrected chi connectivity index (χ4v) is 2.68. The van der Waals surface area contributed by atoms with Crippen LogP contribution in [0.15, 0.2) is 0 Å². The zero-order valence-electron chi connectivity index (χ0n) is 7.72. The van der Waals surface area contributed by atoms with E-state index in [1.807, 2.05) is 0 Å². The second kappa shape index (κ2) is 4.53. The predicted octanol–water partition coefficient (Wildman–Crippen LogP) is -0.249. The third kappa shape index (κ3) is 2.53. The molecule has 0 aromatic rings. The Balaban J connectivity index is 2.69. The normalized spacial score (nSPS) is 24.1. The quantitative estimate of drug-likeness (QED) is 0.609. The monoisotopic (exact) mass is 216 g/mol. The Morgan fingerprint density at radius 1 is 1.57 bits per heavy atom. The molecule has 1 rings (SSSR count). The SMILES string of the molecule is N#CCS(=O)(=O)N1CCCC(C=O)C1. The van der Waals surface area contributed by atoms with Crippen LogP contribution >= 0.6 is 0 Å². The largest absolute Gasteiger partial charge is 0.303 e. The van der Waals surface area contributed by atoms with E-state index in [1.165, 1.54) is 4.31 Å². The van der Waals surface area contributed by atoms with E-state index in [9.17, 15) is 13.2 Å². The van der Waals surface area contributed by atoms with Crippen molar-refractivity contribution in [2.24, 2.45) is 5.92 Å². The smallest absolute Gasteiger partial charge is 0.227 e. The van der Waals surface area contributed by atoms with Gasteiger partial charge in [-0.2, -0.15) is 5.26 Å². The van der Waals surface area contributed by atoms with Gasteiger partial charge in [0.25, 0.3) is 0 Å². The second-order valence-corrected chi connectivity index (χ2v) is 5.28. The Morgan fingerprint density at radius 2 is 2.29 bits per heavy atom. The fraction of sp³-hybridized carbons (Fsp3) is 0.750. The number of piperidine rings is 1. The van der Waals surface area contributed by atoms with Gasteiger partial charge in [0.15, 0.2) is 5.75 Å². The summed E-state index contributed by atoms with van der Waals surface area (Å²) >= 11 is 0. The standard InChI is InChI=1S/C8H12N2O3S/c9-3-5-14(12,13)10-4-1-2-8(6-10)7-11/h7-8H,1-2,4-6H2. The van der Waals surface area contributed by atoms with Crippen LogP contribution in [0.1, 0.15) is 12.8 Å². The van der Waals surface area contributed by atoms with Gasteiger partial charge in [-0.05, 0) is 12.8 Å². The Bertz CT molecular complexity index is 344. The van der Waals surface area contributed by atoms with Gasteiger partial charge in [-0.25, -0.2) is 12.7 Å². The number of nitrogens with zero attached hydrogens (tertiary/aromatic N) is 2. The molecule has 1 aliphatic rings. The van der Waals surface area contributed by atoms with Gasteiger partial charge >= 0.3 is 0 Å². The molecular formula is C8H12N2O3S. The van der Waals surface area contributed by atoms with E-state index in [4.69, 9.17) is 5.26 Å². The lowest BCUT2D eigenvalue weighted by Crippen LogP contribution is -2.41. The van der Waals surface area contributed by atoms with Gasteiger partial charge in [0.1, 0.15) is 6.29 Å². The van der Waals surface area contributed by atoms with Crippen LogP contribution in [0, 0.1) is 17.2 Å². The minimum absolute atomic E-state index is 0.211. The van der Waals surface area contributed by atoms with E-state index in [0.717, 1.165) is 12.7 Å². The van der Waals surface area contributed by atoms with Crippen LogP contribution in [0.3, 0.4) is 0 Å². The zero-order valence-corrected chi connectivity index (χ0v) is 8.53. The van der Waals surface area contributed by atoms with Gasteiger partial charge in [0, 0.05) is 19.0 Å². The molecule has 5 nitrogen and oxygen atoms in total. The number of aldehydes is 1. The van der Waals surface area contributed by atoms with E-state index in [2.05, 4.69) is 0 Å². The van der Waals surface area contributed by atoms with Crippen molar-refractivity contribution in [3.63, 3.8) is 0 Å². The lowest BCUT2D eigenvalue weighted by molar-refractivity contribution is -0.112. The van der Waals surface area contributed by atoms with Crippen LogP contribution < -0.4 is 0 Å². The Kier molecular flexibility index (Phi) is 3.61. The lowest BCUT2D eigenvalue weighted by atomic mass is 10.0. The van der Waals surface area contributed by atoms with Crippen molar-refractivity contribution in [1.29, 1.82) is 5.26 Å². The highest BCUT2D eigenvalue weighted by atomic mass is 32.2. The van der Waals surface area contributed by atoms with E-state index in [0.29, 0.717) is 13.0 Å². The van der Waals surface area contributed by atoms with Gasteiger partial charge in [0.05, 0.1) is 6.07 Å². The average molecular weight is 216 g/mol. The van der Waals surface area contributed by atoms with Crippen molar-refractivity contribution in [2.45, 2.75) is 12.8 Å². The van der Waals surface area contributed by atoms with Gasteiger partial charge in [-0.15, -0.1) is 0 Å². The van der Waals surface area contributed by atoms with Crippen molar-refractivity contribution in [3.05, 3.63) is 0 Å². The van der Waals surface area contributed by atoms with E-state index < -0.39 is 15.8 Å². The first-order chi connectivity index (χ1) is 6.60. The summed E-state index contributed by atoms with van der Waals surface area (Å²) in [7, 11) is -3.46. The summed E-state index contributed by atoms with van der Waals surface area (Å²) in [5.74, 6) is -0.712. The molecule has 1 unspecified atom stereocenters. The zero-order chi connectivity index (χ0) is 10.6. The molecule has 14 heavy (non-hydrogen) atoms. The van der Waals surface area contributed by atoms with E-state index >= 15 is 0 Å². The Labute approximate surface area is 83.4 Å². The van der Waals surface area contributed by atoms with Crippen LogP contribution in [-0.2, 0) is 14.8 Å². The van der Waals surface area contributed by atoms with Crippen LogP contribution in [0.25, 0.3) is 0 Å². The van der Waals surface area contributed by atoms with Gasteiger partial charge in [-0.1, -0.05) is 0 Å². The summed E-state index contributed by atoms with van der Waals surface area (Å²) < 4.78 is 24.1. The maximum atomic E-state index is 11.4. The van der Waals surface area contributed by atoms with E-state index in [-0.39, 0.29) is 12.5 Å². The Morgan fingerprint density at radius 3 is 2.86 bits per heavy atom. The summed E-state index contributed by atoms with van der Waals surface area (Å²) in [5, 5.41) is 8.33. The first-order valence-electron chi connectivity index (χ1n) is 4.40. The molecule has 0 N–H and O–H groups in total. The van der Waals surface area contributed by atoms with Crippen LogP contribution in [0.4, 0.5) is 0 Å². The minimum atomic E-state index is -3.46. The maximum absolute atomic E-state index is 11.4. The highest BCUT2D eigenvalue weighted by Crippen LogP contribution is 2.17. The summed E-state index contributed by atoms with van der Waals surface area (Å²) in [5.41, 5.74) is 0. The molecule has 0 radical (unpaired) electrons. The highest BCUT2D eigenvalue weighted by molar-refractivity contribution is 7.89. The van der Waals surface area contributed by atoms with Crippen molar-refractivity contribution < 1.29 is 13.2 Å². The number of sulfonamides is 1. The number of carbonyl (C=O) groups is 1. The summed E-state index contributed by atoms with van der Waals surface area (Å²) in [6, 6.07) is 1.62. The summed E-state index contributed by atoms with van der Waals surface area (Å²) in [4.78, 5) is 10.5. The molecule has 0 bridgehead atoms. The molecule has 78 valence electrons. The topological polar surface area (TPSA) is 78.2 Å². The third-order valence-electron chi connectivity index (χ3n) is 2.25. The van der Waals surface area contributed by atoms with E-state index in [1.54, 1.807) is 6.07 Å². The second-order valence-electron chi connectivity index (χ2n) is 3.31. The number of rotatable bonds is 3. The van der Waals surface area contributed by atoms with Crippen LogP contribution in [0.5, 0.6) is 0 Å². The van der Waals surface area contributed by atoms with Crippen molar-refractivity contribution in [1.82, 2.24) is 4.31 Å². The number of carbonyl (C=O) groups excluding carboxylic acids is 1. The molecule has 0 aliphatic carbocycles. The molecule has 0 aromatic carbocycles. The summed E-state index contributed by atoms with van der Waals surface area (Å²) in [6.45, 7) is 0.655. The van der Waals surface area contributed by atoms with Crippen molar-refractivity contribution in [2.75, 3.05) is 18.8 Å². The molecule has 1 saturated heterocycles. The van der Waals surface area contributed by atoms with Crippen molar-refractivity contribution in [3.8, 4) is 6.07 Å². The first kappa shape index (κ1) is 11.1. The molecule has 1 aliphatic heterocycles. The van der Waals surface area contributed by atoms with Gasteiger partial charge in [-0.3, -0.25) is 0 Å². The van der Waals surface area contributed by atoms with Crippen LogP contribution in [0.2, 0.25) is 0 Å². The predicted molar refractivity (Wildman–Crippen MR) is 49.8 cm³/mol. The third-order valence-corrected chi connectivity index (χ3v) is 3.87. The first-order valence-corrected chi connectivity index (χ1v) is 6.01. The number of hydrogen-bond acceptors (Lipinski definition) is 4. The van der Waals surface area contributed by atoms with Crippen molar-refractivity contribution >= 4 is 16.3 Å². The van der Waals surface area contributed by atoms with Crippen LogP contribution in [-0.4, -0.2) is 37.9 Å². The molecule has 6 heteroatoms. The molecule has 1 atom stereocenters. The molecular weight excluding hydrogens is 204 g/mol. The maximum Gasteiger partial charge on any atom is 0.227 e. The highest BCUT2D eigenvalue weighted by Gasteiger charge is 2.28. The molecule has 1 fully saturated rings.